The van der Waals surface area contributed by atoms with Gasteiger partial charge < -0.3 is 10.4 Å². The zero-order chi connectivity index (χ0) is 11.8. The summed E-state index contributed by atoms with van der Waals surface area (Å²) in [5.74, 6) is -1.04. The van der Waals surface area contributed by atoms with E-state index in [-0.39, 0.29) is 25.0 Å². The Morgan fingerprint density at radius 2 is 1.80 bits per heavy atom. The summed E-state index contributed by atoms with van der Waals surface area (Å²) in [6, 6.07) is 0.190. The van der Waals surface area contributed by atoms with Crippen molar-refractivity contribution in [3.8, 4) is 0 Å². The van der Waals surface area contributed by atoms with Gasteiger partial charge in [0.1, 0.15) is 0 Å². The average Bonchev–Trinajstić information content (AvgIpc) is 2.12. The average molecular weight is 216 g/mol. The summed E-state index contributed by atoms with van der Waals surface area (Å²) >= 11 is 0. The van der Waals surface area contributed by atoms with Crippen LogP contribution in [-0.4, -0.2) is 48.1 Å². The molecule has 0 rings (SSSR count). The van der Waals surface area contributed by atoms with E-state index >= 15 is 0 Å². The number of amides is 1. The van der Waals surface area contributed by atoms with Gasteiger partial charge in [-0.25, -0.2) is 0 Å². The molecule has 0 aromatic carbocycles. The number of carbonyl (C=O) groups is 2. The number of carbonyl (C=O) groups excluding carboxylic acids is 1. The quantitative estimate of drug-likeness (QED) is 0.642. The third-order valence-corrected chi connectivity index (χ3v) is 2.17. The van der Waals surface area contributed by atoms with Crippen LogP contribution >= 0.6 is 0 Å². The fourth-order valence-electron chi connectivity index (χ4n) is 1.30. The monoisotopic (exact) mass is 216 g/mol. The van der Waals surface area contributed by atoms with Crippen molar-refractivity contribution < 1.29 is 14.7 Å². The third-order valence-electron chi connectivity index (χ3n) is 2.17. The molecule has 0 aromatic rings. The lowest BCUT2D eigenvalue weighted by Crippen LogP contribution is -2.41. The van der Waals surface area contributed by atoms with Gasteiger partial charge in [0.05, 0.1) is 13.1 Å². The molecule has 1 amide bonds. The number of rotatable bonds is 7. The molecule has 2 N–H and O–H groups in total. The molecule has 15 heavy (non-hydrogen) atoms. The van der Waals surface area contributed by atoms with E-state index < -0.39 is 5.97 Å². The van der Waals surface area contributed by atoms with Gasteiger partial charge in [-0.05, 0) is 19.9 Å². The van der Waals surface area contributed by atoms with Crippen LogP contribution in [0.1, 0.15) is 26.7 Å². The maximum atomic E-state index is 11.4. The van der Waals surface area contributed by atoms with Crippen LogP contribution < -0.4 is 5.32 Å². The molecule has 5 heteroatoms. The number of hydrogen-bond donors (Lipinski definition) is 2. The maximum absolute atomic E-state index is 11.4. The Balaban J connectivity index is 3.86. The molecular weight excluding hydrogens is 196 g/mol. The van der Waals surface area contributed by atoms with Crippen LogP contribution in [0.4, 0.5) is 0 Å². The summed E-state index contributed by atoms with van der Waals surface area (Å²) in [4.78, 5) is 23.2. The van der Waals surface area contributed by atoms with Crippen molar-refractivity contribution in [2.75, 3.05) is 20.1 Å². The molecule has 0 spiro atoms. The molecule has 0 saturated heterocycles. The first-order chi connectivity index (χ1) is 6.99. The van der Waals surface area contributed by atoms with Gasteiger partial charge in [-0.1, -0.05) is 13.8 Å². The number of nitrogens with one attached hydrogen (secondary N) is 1. The molecular formula is C10H20N2O3. The first-order valence-electron chi connectivity index (χ1n) is 5.19. The lowest BCUT2D eigenvalue weighted by molar-refractivity contribution is -0.138. The summed E-state index contributed by atoms with van der Waals surface area (Å²) in [6.07, 6.45) is 1.79. The van der Waals surface area contributed by atoms with Crippen LogP contribution in [0.2, 0.25) is 0 Å². The minimum atomic E-state index is -0.923. The van der Waals surface area contributed by atoms with Gasteiger partial charge in [0.15, 0.2) is 0 Å². The Hall–Kier alpha value is -1.10. The molecule has 0 radical (unpaired) electrons. The Kier molecular flexibility index (Phi) is 6.70. The number of carboxylic acids is 1. The van der Waals surface area contributed by atoms with Gasteiger partial charge in [0.25, 0.3) is 0 Å². The number of nitrogens with zero attached hydrogens (tertiary/aromatic N) is 1. The van der Waals surface area contributed by atoms with Crippen molar-refractivity contribution in [2.24, 2.45) is 0 Å². The molecule has 5 nitrogen and oxygen atoms in total. The highest BCUT2D eigenvalue weighted by molar-refractivity contribution is 5.79. The Morgan fingerprint density at radius 1 is 1.27 bits per heavy atom. The third kappa shape index (κ3) is 6.90. The van der Waals surface area contributed by atoms with E-state index in [1.54, 1.807) is 7.05 Å². The molecule has 0 aliphatic carbocycles. The molecule has 0 fully saturated rings. The molecule has 0 aromatic heterocycles. The second kappa shape index (κ2) is 7.23. The molecule has 0 saturated carbocycles. The van der Waals surface area contributed by atoms with Crippen molar-refractivity contribution in [3.05, 3.63) is 0 Å². The predicted octanol–water partition coefficient (Wildman–Crippen LogP) is 0.308. The molecule has 0 aliphatic rings. The Bertz CT molecular complexity index is 215. The van der Waals surface area contributed by atoms with E-state index in [0.717, 1.165) is 12.8 Å². The van der Waals surface area contributed by atoms with Gasteiger partial charge in [0.2, 0.25) is 5.91 Å². The molecule has 88 valence electrons. The van der Waals surface area contributed by atoms with E-state index in [9.17, 15) is 9.59 Å². The topological polar surface area (TPSA) is 69.6 Å². The summed E-state index contributed by atoms with van der Waals surface area (Å²) in [5, 5.41) is 11.3. The molecule has 0 unspecified atom stereocenters. The van der Waals surface area contributed by atoms with Gasteiger partial charge in [-0.2, -0.15) is 0 Å². The first-order valence-corrected chi connectivity index (χ1v) is 5.19. The zero-order valence-corrected chi connectivity index (χ0v) is 9.62. The summed E-state index contributed by atoms with van der Waals surface area (Å²) in [7, 11) is 1.61. The van der Waals surface area contributed by atoms with Crippen LogP contribution in [0.15, 0.2) is 0 Å². The molecule has 0 aliphatic heterocycles. The van der Waals surface area contributed by atoms with Crippen LogP contribution in [-0.2, 0) is 9.59 Å². The number of carboxylic acid groups (broad SMARTS) is 1. The maximum Gasteiger partial charge on any atom is 0.317 e. The summed E-state index contributed by atoms with van der Waals surface area (Å²) in [5.41, 5.74) is 0. The Labute approximate surface area is 90.5 Å². The van der Waals surface area contributed by atoms with Crippen molar-refractivity contribution in [1.29, 1.82) is 0 Å². The van der Waals surface area contributed by atoms with Crippen molar-refractivity contribution >= 4 is 11.9 Å². The summed E-state index contributed by atoms with van der Waals surface area (Å²) in [6.45, 7) is 4.03. The van der Waals surface area contributed by atoms with Crippen molar-refractivity contribution in [1.82, 2.24) is 10.2 Å². The highest BCUT2D eigenvalue weighted by Gasteiger charge is 2.12. The fraction of sp³-hybridized carbons (Fsp3) is 0.800. The minimum Gasteiger partial charge on any atom is -0.480 e. The number of likely N-dealkylation sites (N-methyl/N-ethyl adjacent to an activating group) is 1. The van der Waals surface area contributed by atoms with Gasteiger partial charge in [-0.3, -0.25) is 14.5 Å². The SMILES string of the molecule is CCC(CC)NC(=O)CN(C)CC(=O)O. The largest absolute Gasteiger partial charge is 0.480 e. The predicted molar refractivity (Wildman–Crippen MR) is 57.6 cm³/mol. The standard InChI is InChI=1S/C10H20N2O3/c1-4-8(5-2)11-9(13)6-12(3)7-10(14)15/h8H,4-7H2,1-3H3,(H,11,13)(H,14,15). The van der Waals surface area contributed by atoms with Crippen molar-refractivity contribution in [3.63, 3.8) is 0 Å². The molecule has 0 atom stereocenters. The molecule has 0 heterocycles. The van der Waals surface area contributed by atoms with Crippen LogP contribution in [0, 0.1) is 0 Å². The number of hydrogen-bond acceptors (Lipinski definition) is 3. The normalized spacial score (nSPS) is 10.7. The molecule has 0 bridgehead atoms. The van der Waals surface area contributed by atoms with E-state index in [2.05, 4.69) is 5.32 Å². The lowest BCUT2D eigenvalue weighted by atomic mass is 10.2. The second-order valence-electron chi connectivity index (χ2n) is 3.65. The van der Waals surface area contributed by atoms with E-state index in [0.29, 0.717) is 0 Å². The van der Waals surface area contributed by atoms with Gasteiger partial charge in [0, 0.05) is 6.04 Å². The minimum absolute atomic E-state index is 0.115. The zero-order valence-electron chi connectivity index (χ0n) is 9.62. The van der Waals surface area contributed by atoms with Crippen molar-refractivity contribution in [2.45, 2.75) is 32.7 Å². The highest BCUT2D eigenvalue weighted by atomic mass is 16.4. The van der Waals surface area contributed by atoms with Crippen LogP contribution in [0.3, 0.4) is 0 Å². The second-order valence-corrected chi connectivity index (χ2v) is 3.65. The lowest BCUT2D eigenvalue weighted by Gasteiger charge is -2.18. The van der Waals surface area contributed by atoms with Gasteiger partial charge >= 0.3 is 5.97 Å². The first kappa shape index (κ1) is 13.9. The summed E-state index contributed by atoms with van der Waals surface area (Å²) < 4.78 is 0. The van der Waals surface area contributed by atoms with E-state index in [4.69, 9.17) is 5.11 Å². The van der Waals surface area contributed by atoms with E-state index in [1.807, 2.05) is 13.8 Å². The Morgan fingerprint density at radius 3 is 2.20 bits per heavy atom. The highest BCUT2D eigenvalue weighted by Crippen LogP contribution is 1.95. The van der Waals surface area contributed by atoms with Gasteiger partial charge in [-0.15, -0.1) is 0 Å². The number of aliphatic carboxylic acids is 1. The fourth-order valence-corrected chi connectivity index (χ4v) is 1.30. The van der Waals surface area contributed by atoms with E-state index in [1.165, 1.54) is 4.90 Å². The van der Waals surface area contributed by atoms with Crippen LogP contribution in [0.25, 0.3) is 0 Å². The van der Waals surface area contributed by atoms with Crippen LogP contribution in [0.5, 0.6) is 0 Å². The smallest absolute Gasteiger partial charge is 0.317 e.